The monoisotopic (exact) mass is 425 g/mol. The van der Waals surface area contributed by atoms with E-state index in [0.717, 1.165) is 0 Å². The lowest BCUT2D eigenvalue weighted by atomic mass is 10.1. The average molecular weight is 425 g/mol. The Balaban J connectivity index is 1.54. The van der Waals surface area contributed by atoms with Gasteiger partial charge in [-0.15, -0.1) is 0 Å². The fourth-order valence-corrected chi connectivity index (χ4v) is 3.34. The van der Waals surface area contributed by atoms with Gasteiger partial charge in [-0.3, -0.25) is 14.4 Å². The van der Waals surface area contributed by atoms with Crippen molar-refractivity contribution in [2.75, 3.05) is 30.5 Å². The molecule has 164 valence electrons. The number of ether oxygens (including phenoxy) is 2. The van der Waals surface area contributed by atoms with E-state index < -0.39 is 12.0 Å². The number of carbonyl (C=O) groups excluding carboxylic acids is 3. The van der Waals surface area contributed by atoms with Gasteiger partial charge in [-0.2, -0.15) is 0 Å². The topological polar surface area (TPSA) is 97.0 Å². The average Bonchev–Trinajstić information content (AvgIpc) is 3.17. The molecule has 31 heavy (non-hydrogen) atoms. The molecule has 1 aliphatic heterocycles. The highest BCUT2D eigenvalue weighted by molar-refractivity contribution is 6.02. The first kappa shape index (κ1) is 22.1. The molecule has 8 heteroatoms. The van der Waals surface area contributed by atoms with Crippen molar-refractivity contribution in [3.05, 3.63) is 48.5 Å². The molecular weight excluding hydrogens is 398 g/mol. The van der Waals surface area contributed by atoms with Crippen molar-refractivity contribution >= 4 is 29.1 Å². The number of hydrogen-bond acceptors (Lipinski definition) is 5. The number of nitrogens with zero attached hydrogens (tertiary/aromatic N) is 1. The van der Waals surface area contributed by atoms with Crippen LogP contribution in [0.25, 0.3) is 0 Å². The summed E-state index contributed by atoms with van der Waals surface area (Å²) in [6, 6.07) is 13.4. The summed E-state index contributed by atoms with van der Waals surface area (Å²) in [4.78, 5) is 39.1. The number of carbonyl (C=O) groups is 3. The second-order valence-corrected chi connectivity index (χ2v) is 7.28. The van der Waals surface area contributed by atoms with Gasteiger partial charge in [-0.05, 0) is 62.4 Å². The van der Waals surface area contributed by atoms with Crippen molar-refractivity contribution in [3.8, 4) is 11.5 Å². The number of nitrogens with one attached hydrogen (secondary N) is 2. The maximum absolute atomic E-state index is 12.6. The first-order valence-corrected chi connectivity index (χ1v) is 10.2. The molecule has 2 N–H and O–H groups in total. The van der Waals surface area contributed by atoms with E-state index in [4.69, 9.17) is 9.47 Å². The highest BCUT2D eigenvalue weighted by Crippen LogP contribution is 2.27. The van der Waals surface area contributed by atoms with Crippen LogP contribution in [0.3, 0.4) is 0 Å². The molecule has 8 nitrogen and oxygen atoms in total. The van der Waals surface area contributed by atoms with Gasteiger partial charge in [0.05, 0.1) is 19.6 Å². The van der Waals surface area contributed by atoms with Crippen molar-refractivity contribution in [1.82, 2.24) is 5.32 Å². The van der Waals surface area contributed by atoms with Gasteiger partial charge in [0.25, 0.3) is 0 Å². The van der Waals surface area contributed by atoms with Crippen LogP contribution in [0.4, 0.5) is 11.4 Å². The second kappa shape index (κ2) is 9.97. The zero-order valence-electron chi connectivity index (χ0n) is 17.9. The second-order valence-electron chi connectivity index (χ2n) is 7.28. The minimum Gasteiger partial charge on any atom is -0.497 e. The summed E-state index contributed by atoms with van der Waals surface area (Å²) in [5.41, 5.74) is 1.32. The minimum atomic E-state index is -0.746. The first-order valence-electron chi connectivity index (χ1n) is 10.2. The van der Waals surface area contributed by atoms with Crippen LogP contribution in [0, 0.1) is 5.92 Å². The fraction of sp³-hybridized carbons (Fsp3) is 0.348. The van der Waals surface area contributed by atoms with E-state index in [2.05, 4.69) is 10.6 Å². The lowest BCUT2D eigenvalue weighted by Crippen LogP contribution is -2.44. The predicted octanol–water partition coefficient (Wildman–Crippen LogP) is 2.59. The molecular formula is C23H27N3O5. The Labute approximate surface area is 181 Å². The Morgan fingerprint density at radius 2 is 1.74 bits per heavy atom. The molecule has 3 amide bonds. The third kappa shape index (κ3) is 5.53. The van der Waals surface area contributed by atoms with E-state index in [9.17, 15) is 14.4 Å². The van der Waals surface area contributed by atoms with Crippen LogP contribution >= 0.6 is 0 Å². The van der Waals surface area contributed by atoms with Gasteiger partial charge in [0, 0.05) is 24.3 Å². The number of hydrogen-bond donors (Lipinski definition) is 2. The largest absolute Gasteiger partial charge is 0.497 e. The molecule has 0 spiro atoms. The number of amides is 3. The van der Waals surface area contributed by atoms with Gasteiger partial charge >= 0.3 is 0 Å². The summed E-state index contributed by atoms with van der Waals surface area (Å²) in [7, 11) is 1.57. The third-order valence-electron chi connectivity index (χ3n) is 5.06. The van der Waals surface area contributed by atoms with Gasteiger partial charge in [0.2, 0.25) is 17.7 Å². The maximum atomic E-state index is 12.6. The van der Waals surface area contributed by atoms with Gasteiger partial charge in [0.15, 0.2) is 0 Å². The molecule has 2 aromatic carbocycles. The van der Waals surface area contributed by atoms with E-state index in [1.54, 1.807) is 67.5 Å². The van der Waals surface area contributed by atoms with Gasteiger partial charge in [0.1, 0.15) is 17.5 Å². The zero-order valence-corrected chi connectivity index (χ0v) is 17.9. The van der Waals surface area contributed by atoms with Crippen LogP contribution in [0.15, 0.2) is 48.5 Å². The van der Waals surface area contributed by atoms with Crippen LogP contribution in [0.2, 0.25) is 0 Å². The Morgan fingerprint density at radius 1 is 1.10 bits per heavy atom. The van der Waals surface area contributed by atoms with Gasteiger partial charge in [-0.1, -0.05) is 0 Å². The van der Waals surface area contributed by atoms with Crippen molar-refractivity contribution in [1.29, 1.82) is 0 Å². The molecule has 0 radical (unpaired) electrons. The maximum Gasteiger partial charge on any atom is 0.246 e. The Morgan fingerprint density at radius 3 is 2.35 bits per heavy atom. The molecule has 0 bridgehead atoms. The van der Waals surface area contributed by atoms with E-state index in [1.165, 1.54) is 0 Å². The Bertz CT molecular complexity index is 927. The van der Waals surface area contributed by atoms with Crippen molar-refractivity contribution < 1.29 is 23.9 Å². The molecule has 1 heterocycles. The Kier molecular flexibility index (Phi) is 7.12. The summed E-state index contributed by atoms with van der Waals surface area (Å²) < 4.78 is 10.5. The number of methoxy groups -OCH3 is 1. The van der Waals surface area contributed by atoms with Crippen molar-refractivity contribution in [2.24, 2.45) is 5.92 Å². The summed E-state index contributed by atoms with van der Waals surface area (Å²) >= 11 is 0. The predicted molar refractivity (Wildman–Crippen MR) is 117 cm³/mol. The molecule has 1 fully saturated rings. The van der Waals surface area contributed by atoms with Crippen molar-refractivity contribution in [3.63, 3.8) is 0 Å². The molecule has 1 saturated heterocycles. The summed E-state index contributed by atoms with van der Waals surface area (Å²) in [5, 5.41) is 5.47. The van der Waals surface area contributed by atoms with Crippen LogP contribution in [0.1, 0.15) is 20.3 Å². The molecule has 2 atom stereocenters. The van der Waals surface area contributed by atoms with Crippen LogP contribution < -0.4 is 25.0 Å². The van der Waals surface area contributed by atoms with E-state index in [1.807, 2.05) is 6.92 Å². The first-order chi connectivity index (χ1) is 14.9. The van der Waals surface area contributed by atoms with Crippen molar-refractivity contribution in [2.45, 2.75) is 26.3 Å². The number of rotatable bonds is 8. The summed E-state index contributed by atoms with van der Waals surface area (Å²) in [5.74, 6) is 0.103. The summed E-state index contributed by atoms with van der Waals surface area (Å²) in [6.45, 7) is 4.34. The van der Waals surface area contributed by atoms with E-state index in [0.29, 0.717) is 29.5 Å². The van der Waals surface area contributed by atoms with Crippen LogP contribution in [0.5, 0.6) is 11.5 Å². The molecule has 0 saturated carbocycles. The SMILES string of the molecule is CCOc1ccc(NC(=O)[C@H](C)NC(=O)C2CC(=O)N(c3ccc(OC)cc3)C2)cc1. The van der Waals surface area contributed by atoms with Crippen LogP contribution in [-0.2, 0) is 14.4 Å². The standard InChI is InChI=1S/C23H27N3O5/c1-4-31-20-9-5-17(6-10-20)25-22(28)15(2)24-23(29)16-13-21(27)26(14-16)18-7-11-19(30-3)12-8-18/h5-12,15-16H,4,13-14H2,1-3H3,(H,24,29)(H,25,28)/t15-,16?/m0/s1. The lowest BCUT2D eigenvalue weighted by Gasteiger charge is -2.18. The highest BCUT2D eigenvalue weighted by atomic mass is 16.5. The van der Waals surface area contributed by atoms with E-state index >= 15 is 0 Å². The van der Waals surface area contributed by atoms with Gasteiger partial charge in [-0.25, -0.2) is 0 Å². The smallest absolute Gasteiger partial charge is 0.246 e. The Hall–Kier alpha value is -3.55. The fourth-order valence-electron chi connectivity index (χ4n) is 3.34. The summed E-state index contributed by atoms with van der Waals surface area (Å²) in [6.07, 6.45) is 0.102. The molecule has 1 aliphatic rings. The van der Waals surface area contributed by atoms with E-state index in [-0.39, 0.29) is 30.7 Å². The third-order valence-corrected chi connectivity index (χ3v) is 5.06. The highest BCUT2D eigenvalue weighted by Gasteiger charge is 2.36. The van der Waals surface area contributed by atoms with Gasteiger partial charge < -0.3 is 25.0 Å². The molecule has 2 aromatic rings. The molecule has 3 rings (SSSR count). The quantitative estimate of drug-likeness (QED) is 0.678. The number of benzene rings is 2. The lowest BCUT2D eigenvalue weighted by molar-refractivity contribution is -0.129. The molecule has 0 aromatic heterocycles. The molecule has 1 unspecified atom stereocenters. The number of anilines is 2. The normalized spacial score (nSPS) is 16.5. The van der Waals surface area contributed by atoms with Crippen LogP contribution in [-0.4, -0.2) is 44.0 Å². The zero-order chi connectivity index (χ0) is 22.4. The molecule has 0 aliphatic carbocycles. The minimum absolute atomic E-state index is 0.102.